The lowest BCUT2D eigenvalue weighted by atomic mass is 9.93. The van der Waals surface area contributed by atoms with Gasteiger partial charge in [0.05, 0.1) is 16.1 Å². The van der Waals surface area contributed by atoms with E-state index in [0.29, 0.717) is 12.5 Å². The number of para-hydroxylation sites is 2. The van der Waals surface area contributed by atoms with E-state index in [1.807, 2.05) is 55.6 Å². The average molecular weight is 535 g/mol. The van der Waals surface area contributed by atoms with Crippen molar-refractivity contribution in [2.45, 2.75) is 65.2 Å². The molecule has 0 aliphatic carbocycles. The molecule has 38 heavy (non-hydrogen) atoms. The summed E-state index contributed by atoms with van der Waals surface area (Å²) in [5.41, 5.74) is 2.82. The van der Waals surface area contributed by atoms with Crippen molar-refractivity contribution in [3.05, 3.63) is 59.9 Å². The van der Waals surface area contributed by atoms with E-state index < -0.39 is 5.60 Å². The number of carbonyl (C=O) groups is 1. The first-order valence-corrected chi connectivity index (χ1v) is 14.7. The standard InChI is InChI=1S/C30H38N4O3S/c1-30(2,3)37-29(35)33-17-6-8-22(20-33)9-7-18-34-26-11-5-4-10-25(26)32-27(34)21-36-24-14-12-23(13-15-24)28-31-16-19-38-28/h4-5,10-15,22H,6-9,16-21H2,1-3H3. The first-order chi connectivity index (χ1) is 18.4. The monoisotopic (exact) mass is 534 g/mol. The Kier molecular flexibility index (Phi) is 8.27. The average Bonchev–Trinajstić information content (AvgIpc) is 3.56. The minimum absolute atomic E-state index is 0.190. The minimum Gasteiger partial charge on any atom is -0.486 e. The summed E-state index contributed by atoms with van der Waals surface area (Å²) in [5.74, 6) is 3.32. The number of rotatable bonds is 8. The largest absolute Gasteiger partial charge is 0.486 e. The second kappa shape index (κ2) is 11.8. The highest BCUT2D eigenvalue weighted by Crippen LogP contribution is 2.26. The molecular formula is C30H38N4O3S. The summed E-state index contributed by atoms with van der Waals surface area (Å²) < 4.78 is 14.1. The van der Waals surface area contributed by atoms with Gasteiger partial charge in [-0.3, -0.25) is 4.99 Å². The van der Waals surface area contributed by atoms with E-state index in [4.69, 9.17) is 14.5 Å². The Balaban J connectivity index is 1.19. The van der Waals surface area contributed by atoms with Crippen LogP contribution in [0.15, 0.2) is 53.5 Å². The lowest BCUT2D eigenvalue weighted by Gasteiger charge is -2.34. The van der Waals surface area contributed by atoms with E-state index in [1.165, 1.54) is 0 Å². The number of fused-ring (bicyclic) bond motifs is 1. The summed E-state index contributed by atoms with van der Waals surface area (Å²) in [6.45, 7) is 9.51. The van der Waals surface area contributed by atoms with Crippen LogP contribution < -0.4 is 4.74 Å². The molecule has 1 amide bonds. The third-order valence-electron chi connectivity index (χ3n) is 6.95. The predicted molar refractivity (Wildman–Crippen MR) is 154 cm³/mol. The van der Waals surface area contributed by atoms with Crippen LogP contribution in [0.1, 0.15) is 57.8 Å². The molecule has 1 aromatic heterocycles. The fraction of sp³-hybridized carbons (Fsp3) is 0.500. The van der Waals surface area contributed by atoms with E-state index >= 15 is 0 Å². The van der Waals surface area contributed by atoms with Crippen LogP contribution in [0.3, 0.4) is 0 Å². The van der Waals surface area contributed by atoms with Gasteiger partial charge in [0.1, 0.15) is 23.8 Å². The third-order valence-corrected chi connectivity index (χ3v) is 7.98. The molecule has 1 atom stereocenters. The number of carbonyl (C=O) groups excluding carboxylic acids is 1. The maximum Gasteiger partial charge on any atom is 0.410 e. The highest BCUT2D eigenvalue weighted by molar-refractivity contribution is 8.14. The van der Waals surface area contributed by atoms with Crippen molar-refractivity contribution in [3.8, 4) is 5.75 Å². The molecule has 0 N–H and O–H groups in total. The number of hydrogen-bond donors (Lipinski definition) is 0. The van der Waals surface area contributed by atoms with Crippen LogP contribution in [0, 0.1) is 5.92 Å². The topological polar surface area (TPSA) is 69.0 Å². The number of aromatic nitrogens is 2. The number of nitrogens with zero attached hydrogens (tertiary/aromatic N) is 4. The molecule has 7 nitrogen and oxygen atoms in total. The quantitative estimate of drug-likeness (QED) is 0.328. The molecule has 2 aromatic carbocycles. The van der Waals surface area contributed by atoms with Gasteiger partial charge in [-0.25, -0.2) is 9.78 Å². The lowest BCUT2D eigenvalue weighted by Crippen LogP contribution is -2.42. The molecule has 202 valence electrons. The number of aryl methyl sites for hydroxylation is 1. The summed E-state index contributed by atoms with van der Waals surface area (Å²) in [5, 5.41) is 1.12. The Morgan fingerprint density at radius 2 is 1.95 bits per heavy atom. The van der Waals surface area contributed by atoms with Crippen LogP contribution in [0.2, 0.25) is 0 Å². The SMILES string of the molecule is CC(C)(C)OC(=O)N1CCCC(CCCn2c(COc3ccc(C4=NCCS4)cc3)nc3ccccc32)C1. The van der Waals surface area contributed by atoms with Crippen molar-refractivity contribution in [3.63, 3.8) is 0 Å². The summed E-state index contributed by atoms with van der Waals surface area (Å²) in [6.07, 6.45) is 4.08. The molecule has 1 saturated heterocycles. The second-order valence-electron chi connectivity index (χ2n) is 11.1. The zero-order valence-electron chi connectivity index (χ0n) is 22.7. The maximum absolute atomic E-state index is 12.6. The van der Waals surface area contributed by atoms with E-state index in [9.17, 15) is 4.79 Å². The molecule has 8 heteroatoms. The zero-order chi connectivity index (χ0) is 26.5. The second-order valence-corrected chi connectivity index (χ2v) is 12.2. The molecule has 2 aliphatic heterocycles. The summed E-state index contributed by atoms with van der Waals surface area (Å²) in [6, 6.07) is 16.5. The van der Waals surface area contributed by atoms with Crippen molar-refractivity contribution in [1.29, 1.82) is 0 Å². The van der Waals surface area contributed by atoms with Crippen LogP contribution in [0.4, 0.5) is 4.79 Å². The fourth-order valence-corrected chi connectivity index (χ4v) is 6.03. The first kappa shape index (κ1) is 26.6. The number of piperidine rings is 1. The Morgan fingerprint density at radius 1 is 1.13 bits per heavy atom. The number of hydrogen-bond acceptors (Lipinski definition) is 6. The van der Waals surface area contributed by atoms with Crippen molar-refractivity contribution in [2.75, 3.05) is 25.4 Å². The van der Waals surface area contributed by atoms with Gasteiger partial charge >= 0.3 is 6.09 Å². The molecule has 5 rings (SSSR count). The Morgan fingerprint density at radius 3 is 2.71 bits per heavy atom. The number of ether oxygens (including phenoxy) is 2. The summed E-state index contributed by atoms with van der Waals surface area (Å²) in [4.78, 5) is 23.9. The Hall–Kier alpha value is -3.00. The number of aliphatic imine (C=N–C) groups is 1. The number of amides is 1. The van der Waals surface area contributed by atoms with Crippen LogP contribution in [-0.4, -0.2) is 56.6 Å². The van der Waals surface area contributed by atoms with E-state index in [2.05, 4.69) is 39.9 Å². The third kappa shape index (κ3) is 6.70. The van der Waals surface area contributed by atoms with Crippen LogP contribution in [0.5, 0.6) is 5.75 Å². The van der Waals surface area contributed by atoms with Gasteiger partial charge in [-0.1, -0.05) is 12.1 Å². The molecule has 2 aliphatic rings. The normalized spacial score (nSPS) is 18.0. The molecule has 0 saturated carbocycles. The molecule has 1 fully saturated rings. The summed E-state index contributed by atoms with van der Waals surface area (Å²) in [7, 11) is 0. The van der Waals surface area contributed by atoms with Crippen molar-refractivity contribution < 1.29 is 14.3 Å². The van der Waals surface area contributed by atoms with Crippen molar-refractivity contribution in [1.82, 2.24) is 14.5 Å². The first-order valence-electron chi connectivity index (χ1n) is 13.7. The van der Waals surface area contributed by atoms with Gasteiger partial charge in [0.15, 0.2) is 0 Å². The minimum atomic E-state index is -0.461. The van der Waals surface area contributed by atoms with Gasteiger partial charge in [-0.2, -0.15) is 0 Å². The van der Waals surface area contributed by atoms with Gasteiger partial charge < -0.3 is 18.9 Å². The zero-order valence-corrected chi connectivity index (χ0v) is 23.5. The van der Waals surface area contributed by atoms with E-state index in [-0.39, 0.29) is 6.09 Å². The van der Waals surface area contributed by atoms with Gasteiger partial charge in [0, 0.05) is 37.5 Å². The highest BCUT2D eigenvalue weighted by Gasteiger charge is 2.27. The number of imidazole rings is 1. The molecule has 3 aromatic rings. The number of benzene rings is 2. The molecular weight excluding hydrogens is 496 g/mol. The van der Waals surface area contributed by atoms with Crippen LogP contribution >= 0.6 is 11.8 Å². The van der Waals surface area contributed by atoms with Crippen molar-refractivity contribution in [2.24, 2.45) is 10.9 Å². The molecule has 1 unspecified atom stereocenters. The molecule has 3 heterocycles. The Bertz CT molecular complexity index is 1280. The predicted octanol–water partition coefficient (Wildman–Crippen LogP) is 6.54. The fourth-order valence-electron chi connectivity index (χ4n) is 5.17. The van der Waals surface area contributed by atoms with Crippen LogP contribution in [-0.2, 0) is 17.9 Å². The van der Waals surface area contributed by atoms with Crippen molar-refractivity contribution >= 4 is 33.9 Å². The number of thioether (sulfide) groups is 1. The lowest BCUT2D eigenvalue weighted by molar-refractivity contribution is 0.0160. The highest BCUT2D eigenvalue weighted by atomic mass is 32.2. The molecule has 0 bridgehead atoms. The van der Waals surface area contributed by atoms with Gasteiger partial charge in [-0.15, -0.1) is 11.8 Å². The summed E-state index contributed by atoms with van der Waals surface area (Å²) >= 11 is 1.81. The van der Waals surface area contributed by atoms with Crippen LogP contribution in [0.25, 0.3) is 11.0 Å². The van der Waals surface area contributed by atoms with E-state index in [1.54, 1.807) is 0 Å². The van der Waals surface area contributed by atoms with Gasteiger partial charge in [-0.05, 0) is 88.8 Å². The Labute approximate surface area is 229 Å². The molecule has 0 spiro atoms. The molecule has 0 radical (unpaired) electrons. The maximum atomic E-state index is 12.6. The van der Waals surface area contributed by atoms with E-state index in [0.717, 1.165) is 90.8 Å². The van der Waals surface area contributed by atoms with Gasteiger partial charge in [0.2, 0.25) is 0 Å². The smallest absolute Gasteiger partial charge is 0.410 e. The number of likely N-dealkylation sites (tertiary alicyclic amines) is 1. The van der Waals surface area contributed by atoms with Gasteiger partial charge in [0.25, 0.3) is 0 Å².